The number of esters is 1. The predicted octanol–water partition coefficient (Wildman–Crippen LogP) is 5.29. The molecular weight excluding hydrogens is 440 g/mol. The fourth-order valence-corrected chi connectivity index (χ4v) is 4.22. The van der Waals surface area contributed by atoms with Gasteiger partial charge in [0.25, 0.3) is 5.91 Å². The molecule has 35 heavy (non-hydrogen) atoms. The van der Waals surface area contributed by atoms with Crippen LogP contribution in [0.3, 0.4) is 0 Å². The third-order valence-electron chi connectivity index (χ3n) is 5.97. The van der Waals surface area contributed by atoms with Crippen molar-refractivity contribution in [1.29, 1.82) is 0 Å². The summed E-state index contributed by atoms with van der Waals surface area (Å²) in [4.78, 5) is 29.6. The summed E-state index contributed by atoms with van der Waals surface area (Å²) in [6.45, 7) is 2.92. The van der Waals surface area contributed by atoms with E-state index in [9.17, 15) is 9.59 Å². The van der Waals surface area contributed by atoms with Crippen LogP contribution < -0.4 is 10.6 Å². The third kappa shape index (κ3) is 4.19. The minimum Gasteiger partial charge on any atom is -0.465 e. The van der Waals surface area contributed by atoms with E-state index in [1.807, 2.05) is 60.8 Å². The number of benzene rings is 3. The monoisotopic (exact) mass is 464 g/mol. The van der Waals surface area contributed by atoms with Crippen molar-refractivity contribution in [1.82, 2.24) is 9.55 Å². The zero-order chi connectivity index (χ0) is 24.4. The van der Waals surface area contributed by atoms with Gasteiger partial charge in [-0.05, 0) is 48.9 Å². The second kappa shape index (κ2) is 9.30. The first kappa shape index (κ1) is 22.2. The summed E-state index contributed by atoms with van der Waals surface area (Å²) >= 11 is 0. The van der Waals surface area contributed by atoms with Crippen LogP contribution in [0.25, 0.3) is 22.7 Å². The number of rotatable bonds is 6. The van der Waals surface area contributed by atoms with E-state index in [1.54, 1.807) is 24.4 Å². The minimum absolute atomic E-state index is 0.241. The molecule has 1 amide bonds. The molecule has 5 rings (SSSR count). The van der Waals surface area contributed by atoms with E-state index in [0.29, 0.717) is 22.5 Å². The maximum atomic E-state index is 13.1. The molecular formula is C28H24N4O3. The fourth-order valence-electron chi connectivity index (χ4n) is 4.22. The molecule has 7 nitrogen and oxygen atoms in total. The number of aryl methyl sites for hydroxylation is 1. The molecule has 0 saturated heterocycles. The Balaban J connectivity index is 1.56. The molecule has 0 unspecified atom stereocenters. The van der Waals surface area contributed by atoms with Crippen molar-refractivity contribution in [3.63, 3.8) is 0 Å². The molecule has 1 aliphatic rings. The molecule has 1 aliphatic heterocycles. The Bertz CT molecular complexity index is 1440. The maximum Gasteiger partial charge on any atom is 0.337 e. The normalized spacial score (nSPS) is 13.7. The van der Waals surface area contributed by atoms with Crippen LogP contribution in [0.4, 0.5) is 11.4 Å². The highest BCUT2D eigenvalue weighted by Crippen LogP contribution is 2.38. The molecule has 0 aliphatic carbocycles. The minimum atomic E-state index is -0.454. The van der Waals surface area contributed by atoms with Gasteiger partial charge in [-0.25, -0.2) is 9.78 Å². The number of nitrogens with zero attached hydrogens (tertiary/aromatic N) is 2. The van der Waals surface area contributed by atoms with Gasteiger partial charge in [0.15, 0.2) is 0 Å². The molecule has 2 N–H and O–H groups in total. The van der Waals surface area contributed by atoms with Gasteiger partial charge in [-0.3, -0.25) is 4.79 Å². The van der Waals surface area contributed by atoms with Gasteiger partial charge < -0.3 is 19.9 Å². The number of methoxy groups -OCH3 is 1. The van der Waals surface area contributed by atoms with E-state index in [-0.39, 0.29) is 5.91 Å². The molecule has 0 saturated carbocycles. The highest BCUT2D eigenvalue weighted by Gasteiger charge is 2.29. The number of nitrogens with one attached hydrogen (secondary N) is 2. The highest BCUT2D eigenvalue weighted by atomic mass is 16.5. The summed E-state index contributed by atoms with van der Waals surface area (Å²) < 4.78 is 6.90. The molecule has 2 heterocycles. The number of ether oxygens (including phenoxy) is 1. The quantitative estimate of drug-likeness (QED) is 0.299. The zero-order valence-corrected chi connectivity index (χ0v) is 19.4. The Morgan fingerprint density at radius 3 is 2.51 bits per heavy atom. The van der Waals surface area contributed by atoms with Crippen LogP contribution in [0.5, 0.6) is 0 Å². The van der Waals surface area contributed by atoms with Crippen LogP contribution in [0.2, 0.25) is 0 Å². The number of imidazole rings is 1. The molecule has 174 valence electrons. The van der Waals surface area contributed by atoms with E-state index >= 15 is 0 Å². The molecule has 1 aromatic heterocycles. The number of amides is 1. The Labute approximate surface area is 203 Å². The SMILES string of the molecule is CCn1ccnc1-c1ccc(NC(=C2C(=O)Nc3cc(C(=O)OC)ccc32)c2ccccc2)cc1. The predicted molar refractivity (Wildman–Crippen MR) is 137 cm³/mol. The van der Waals surface area contributed by atoms with E-state index < -0.39 is 5.97 Å². The van der Waals surface area contributed by atoms with Crippen LogP contribution in [-0.4, -0.2) is 28.5 Å². The van der Waals surface area contributed by atoms with Crippen LogP contribution in [-0.2, 0) is 16.1 Å². The number of carbonyl (C=O) groups is 2. The van der Waals surface area contributed by atoms with E-state index in [0.717, 1.165) is 34.7 Å². The largest absolute Gasteiger partial charge is 0.465 e. The number of anilines is 2. The molecule has 0 bridgehead atoms. The zero-order valence-electron chi connectivity index (χ0n) is 19.4. The summed E-state index contributed by atoms with van der Waals surface area (Å²) in [5, 5.41) is 6.35. The van der Waals surface area contributed by atoms with E-state index in [2.05, 4.69) is 27.1 Å². The number of carbonyl (C=O) groups excluding carboxylic acids is 2. The lowest BCUT2D eigenvalue weighted by Crippen LogP contribution is -2.10. The summed E-state index contributed by atoms with van der Waals surface area (Å²) in [7, 11) is 1.33. The third-order valence-corrected chi connectivity index (χ3v) is 5.97. The average molecular weight is 465 g/mol. The molecule has 0 radical (unpaired) electrons. The van der Waals surface area contributed by atoms with Crippen molar-refractivity contribution in [2.24, 2.45) is 0 Å². The van der Waals surface area contributed by atoms with Crippen molar-refractivity contribution in [2.75, 3.05) is 17.7 Å². The van der Waals surface area contributed by atoms with Gasteiger partial charge in [0, 0.05) is 35.8 Å². The molecule has 0 spiro atoms. The van der Waals surface area contributed by atoms with Crippen LogP contribution in [0, 0.1) is 0 Å². The molecule has 4 aromatic rings. The summed E-state index contributed by atoms with van der Waals surface area (Å²) in [6, 6.07) is 22.7. The number of hydrogen-bond acceptors (Lipinski definition) is 5. The summed E-state index contributed by atoms with van der Waals surface area (Å²) in [5.41, 5.74) is 5.57. The van der Waals surface area contributed by atoms with Gasteiger partial charge in [-0.2, -0.15) is 0 Å². The van der Waals surface area contributed by atoms with Gasteiger partial charge in [0.2, 0.25) is 0 Å². The lowest BCUT2D eigenvalue weighted by Gasteiger charge is -2.15. The molecule has 0 atom stereocenters. The van der Waals surface area contributed by atoms with Gasteiger partial charge in [0.1, 0.15) is 5.82 Å². The first-order valence-electron chi connectivity index (χ1n) is 11.3. The Hall–Kier alpha value is -4.65. The van der Waals surface area contributed by atoms with E-state index in [1.165, 1.54) is 7.11 Å². The van der Waals surface area contributed by atoms with Gasteiger partial charge in [-0.1, -0.05) is 36.4 Å². The average Bonchev–Trinajstić information content (AvgIpc) is 3.51. The first-order chi connectivity index (χ1) is 17.1. The van der Waals surface area contributed by atoms with Crippen molar-refractivity contribution in [2.45, 2.75) is 13.5 Å². The lowest BCUT2D eigenvalue weighted by molar-refractivity contribution is -0.110. The Morgan fingerprint density at radius 1 is 1.03 bits per heavy atom. The standard InChI is InChI=1S/C28H24N4O3/c1-3-32-16-15-29-26(32)19-9-12-21(13-10-19)30-25(18-7-5-4-6-8-18)24-22-14-11-20(28(34)35-2)17-23(22)31-27(24)33/h4-17,30H,3H2,1-2H3,(H,31,33). The van der Waals surface area contributed by atoms with Crippen molar-refractivity contribution >= 4 is 34.5 Å². The van der Waals surface area contributed by atoms with E-state index in [4.69, 9.17) is 4.74 Å². The number of aromatic nitrogens is 2. The Kier molecular flexibility index (Phi) is 5.89. The second-order valence-electron chi connectivity index (χ2n) is 8.06. The van der Waals surface area contributed by atoms with Gasteiger partial charge in [-0.15, -0.1) is 0 Å². The maximum absolute atomic E-state index is 13.1. The Morgan fingerprint density at radius 2 is 1.80 bits per heavy atom. The fraction of sp³-hybridized carbons (Fsp3) is 0.107. The van der Waals surface area contributed by atoms with Crippen molar-refractivity contribution in [3.8, 4) is 11.4 Å². The number of fused-ring (bicyclic) bond motifs is 1. The van der Waals surface area contributed by atoms with Crippen LogP contribution in [0.1, 0.15) is 28.4 Å². The van der Waals surface area contributed by atoms with Crippen molar-refractivity contribution < 1.29 is 14.3 Å². The highest BCUT2D eigenvalue weighted by molar-refractivity contribution is 6.37. The molecule has 7 heteroatoms. The lowest BCUT2D eigenvalue weighted by atomic mass is 9.99. The number of hydrogen-bond donors (Lipinski definition) is 2. The molecule has 0 fully saturated rings. The second-order valence-corrected chi connectivity index (χ2v) is 8.06. The van der Waals surface area contributed by atoms with Crippen LogP contribution in [0.15, 0.2) is 85.2 Å². The van der Waals surface area contributed by atoms with Crippen LogP contribution >= 0.6 is 0 Å². The molecule has 3 aromatic carbocycles. The van der Waals surface area contributed by atoms with Crippen molar-refractivity contribution in [3.05, 3.63) is 102 Å². The first-order valence-corrected chi connectivity index (χ1v) is 11.3. The summed E-state index contributed by atoms with van der Waals surface area (Å²) in [5.74, 6) is 0.214. The van der Waals surface area contributed by atoms with Gasteiger partial charge >= 0.3 is 5.97 Å². The van der Waals surface area contributed by atoms with Gasteiger partial charge in [0.05, 0.1) is 29.6 Å². The smallest absolute Gasteiger partial charge is 0.337 e. The summed E-state index contributed by atoms with van der Waals surface area (Å²) in [6.07, 6.45) is 3.76. The topological polar surface area (TPSA) is 85.3 Å².